The highest BCUT2D eigenvalue weighted by Crippen LogP contribution is 2.41. The molecule has 0 radical (unpaired) electrons. The van der Waals surface area contributed by atoms with E-state index in [1.54, 1.807) is 18.1 Å². The number of nitrogens with zero attached hydrogens (tertiary/aromatic N) is 2. The smallest absolute Gasteiger partial charge is 0.317 e. The molecule has 2 saturated heterocycles. The van der Waals surface area contributed by atoms with E-state index in [9.17, 15) is 23.5 Å². The van der Waals surface area contributed by atoms with E-state index in [1.807, 2.05) is 37.2 Å². The van der Waals surface area contributed by atoms with Crippen LogP contribution in [0.1, 0.15) is 109 Å². The van der Waals surface area contributed by atoms with Gasteiger partial charge in [0.15, 0.2) is 0 Å². The molecule has 2 heterocycles. The summed E-state index contributed by atoms with van der Waals surface area (Å²) in [7, 11) is 5.44. The van der Waals surface area contributed by atoms with Crippen molar-refractivity contribution in [2.75, 3.05) is 67.1 Å². The summed E-state index contributed by atoms with van der Waals surface area (Å²) in [5, 5.41) is 25.2. The molecule has 0 aromatic heterocycles. The van der Waals surface area contributed by atoms with Crippen molar-refractivity contribution in [1.29, 1.82) is 0 Å². The van der Waals surface area contributed by atoms with Crippen molar-refractivity contribution in [3.63, 3.8) is 0 Å². The van der Waals surface area contributed by atoms with E-state index in [4.69, 9.17) is 16.3 Å². The maximum atomic E-state index is 13.6. The van der Waals surface area contributed by atoms with E-state index in [0.29, 0.717) is 62.9 Å². The Kier molecular flexibility index (Phi) is 20.3. The Morgan fingerprint density at radius 3 is 2.20 bits per heavy atom. The van der Waals surface area contributed by atoms with Gasteiger partial charge in [0, 0.05) is 88.9 Å². The van der Waals surface area contributed by atoms with Crippen molar-refractivity contribution in [3.05, 3.63) is 34.9 Å². The largest absolute Gasteiger partial charge is 0.385 e. The number of hydrogen-bond donors (Lipinski definition) is 5. The second-order valence-corrected chi connectivity index (χ2v) is 16.7. The van der Waals surface area contributed by atoms with E-state index in [0.717, 1.165) is 70.1 Å². The molecule has 1 saturated carbocycles. The van der Waals surface area contributed by atoms with Gasteiger partial charge in [0.1, 0.15) is 0 Å². The van der Waals surface area contributed by atoms with Gasteiger partial charge in [-0.3, -0.25) is 0 Å². The van der Waals surface area contributed by atoms with Crippen LogP contribution in [0.15, 0.2) is 24.3 Å². The van der Waals surface area contributed by atoms with Gasteiger partial charge < -0.3 is 40.9 Å². The summed E-state index contributed by atoms with van der Waals surface area (Å²) in [6.07, 6.45) is 9.92. The van der Waals surface area contributed by atoms with Gasteiger partial charge in [0.05, 0.1) is 5.60 Å². The second-order valence-electron chi connectivity index (χ2n) is 16.3. The number of aliphatic hydroxyl groups is 1. The van der Waals surface area contributed by atoms with Crippen molar-refractivity contribution >= 4 is 23.7 Å². The summed E-state index contributed by atoms with van der Waals surface area (Å²) in [6, 6.07) is 7.47. The molecule has 0 bridgehead atoms. The predicted octanol–water partition coefficient (Wildman–Crippen LogP) is 7.39. The summed E-state index contributed by atoms with van der Waals surface area (Å²) in [4.78, 5) is 29.1. The summed E-state index contributed by atoms with van der Waals surface area (Å²) < 4.78 is 32.4. The Balaban J connectivity index is 0.000000386. The zero-order chi connectivity index (χ0) is 39.6. The number of amides is 4. The molecular weight excluding hydrogens is 714 g/mol. The molecule has 4 rings (SSSR count). The van der Waals surface area contributed by atoms with Crippen LogP contribution in [0.25, 0.3) is 0 Å². The van der Waals surface area contributed by atoms with Crippen LogP contribution in [0.5, 0.6) is 0 Å². The number of nitrogens with one attached hydrogen (secondary N) is 4. The molecule has 13 heteroatoms. The lowest BCUT2D eigenvalue weighted by Crippen LogP contribution is -2.54. The van der Waals surface area contributed by atoms with Gasteiger partial charge in [0.2, 0.25) is 5.92 Å². The van der Waals surface area contributed by atoms with Crippen molar-refractivity contribution < 1.29 is 28.2 Å². The molecule has 5 N–H and O–H groups in total. The summed E-state index contributed by atoms with van der Waals surface area (Å²) in [6.45, 7) is 9.35. The van der Waals surface area contributed by atoms with Crippen molar-refractivity contribution in [2.45, 2.75) is 127 Å². The van der Waals surface area contributed by atoms with Crippen LogP contribution in [-0.4, -0.2) is 112 Å². The van der Waals surface area contributed by atoms with E-state index in [-0.39, 0.29) is 48.8 Å². The van der Waals surface area contributed by atoms with E-state index >= 15 is 0 Å². The Bertz CT molecular complexity index is 1230. The highest BCUT2D eigenvalue weighted by molar-refractivity contribution is 6.30. The second kappa shape index (κ2) is 23.7. The third-order valence-corrected chi connectivity index (χ3v) is 11.5. The lowest BCUT2D eigenvalue weighted by molar-refractivity contribution is -0.0566. The van der Waals surface area contributed by atoms with Gasteiger partial charge in [-0.05, 0) is 121 Å². The van der Waals surface area contributed by atoms with Crippen LogP contribution >= 0.6 is 11.6 Å². The van der Waals surface area contributed by atoms with E-state index < -0.39 is 11.5 Å². The summed E-state index contributed by atoms with van der Waals surface area (Å²) >= 11 is 6.28. The molecule has 1 aromatic rings. The minimum atomic E-state index is -2.55. The Morgan fingerprint density at radius 1 is 0.944 bits per heavy atom. The number of carbonyl (C=O) groups excluding carboxylic acids is 2. The first-order valence-corrected chi connectivity index (χ1v) is 20.9. The van der Waals surface area contributed by atoms with Gasteiger partial charge in [-0.25, -0.2) is 18.4 Å². The van der Waals surface area contributed by atoms with Gasteiger partial charge >= 0.3 is 12.1 Å². The third-order valence-electron chi connectivity index (χ3n) is 11.3. The fraction of sp³-hybridized carbons (Fsp3) is 0.805. The van der Waals surface area contributed by atoms with Crippen molar-refractivity contribution in [1.82, 2.24) is 31.1 Å². The molecule has 1 aliphatic carbocycles. The van der Waals surface area contributed by atoms with Crippen LogP contribution in [0, 0.1) is 17.8 Å². The molecule has 3 aliphatic rings. The average molecular weight is 786 g/mol. The molecule has 3 fully saturated rings. The molecule has 4 atom stereocenters. The average Bonchev–Trinajstić information content (AvgIpc) is 3.15. The van der Waals surface area contributed by atoms with Crippen LogP contribution in [0.2, 0.25) is 5.02 Å². The van der Waals surface area contributed by atoms with Gasteiger partial charge in [-0.1, -0.05) is 37.6 Å². The molecule has 4 amide bonds. The maximum absolute atomic E-state index is 13.6. The SMILES string of the molecule is CNC[C@H](CC(C)C)NC(=O)N1CCCCC1.CNC[C@H](CC1CCC(F)(F)CC1)NC(=O)N1CCC[C@@H]([C@@](O)(CCCCOC)c2cccc(Cl)c2)C1. The monoisotopic (exact) mass is 785 g/mol. The normalized spacial score (nSPS) is 21.4. The number of ether oxygens (including phenoxy) is 1. The number of methoxy groups -OCH3 is 1. The third kappa shape index (κ3) is 15.7. The highest BCUT2D eigenvalue weighted by atomic mass is 35.5. The van der Waals surface area contributed by atoms with Crippen LogP contribution < -0.4 is 21.3 Å². The Hall–Kier alpha value is -2.25. The maximum Gasteiger partial charge on any atom is 0.317 e. The van der Waals surface area contributed by atoms with E-state index in [2.05, 4.69) is 35.1 Å². The summed E-state index contributed by atoms with van der Waals surface area (Å²) in [5.74, 6) is -1.89. The minimum Gasteiger partial charge on any atom is -0.385 e. The number of rotatable bonds is 17. The fourth-order valence-electron chi connectivity index (χ4n) is 8.35. The molecule has 1 aromatic carbocycles. The molecule has 0 spiro atoms. The van der Waals surface area contributed by atoms with E-state index in [1.165, 1.54) is 6.42 Å². The molecule has 310 valence electrons. The van der Waals surface area contributed by atoms with Gasteiger partial charge in [-0.2, -0.15) is 0 Å². The van der Waals surface area contributed by atoms with Gasteiger partial charge in [-0.15, -0.1) is 0 Å². The first kappa shape index (κ1) is 46.1. The number of halogens is 3. The lowest BCUT2D eigenvalue weighted by atomic mass is 9.74. The van der Waals surface area contributed by atoms with Crippen LogP contribution in [-0.2, 0) is 10.3 Å². The topological polar surface area (TPSA) is 118 Å². The molecule has 10 nitrogen and oxygen atoms in total. The number of piperidine rings is 2. The number of carbonyl (C=O) groups is 2. The van der Waals surface area contributed by atoms with Crippen molar-refractivity contribution in [2.24, 2.45) is 17.8 Å². The Morgan fingerprint density at radius 2 is 1.57 bits per heavy atom. The van der Waals surface area contributed by atoms with Crippen LogP contribution in [0.3, 0.4) is 0 Å². The number of unbranched alkanes of at least 4 members (excludes halogenated alkanes) is 1. The standard InChI is InChI=1S/C28H44ClF2N3O3.C13H27N3O/c1-32-19-25(17-21-10-13-27(30,31)14-11-21)33-26(35)34-15-6-8-23(20-34)28(36,12-3-4-16-37-2)22-7-5-9-24(29)18-22;1-11(2)9-12(10-14-3)15-13(17)16-7-5-4-6-8-16/h5,7,9,18,21,23,25,32,36H,3-4,6,8,10-17,19-20H2,1-2H3,(H,33,35);11-12,14H,4-10H2,1-3H3,(H,15,17)/t23-,25+,28-;12-/m10/s1. The number of benzene rings is 1. The number of likely N-dealkylation sites (tertiary alicyclic amines) is 2. The zero-order valence-corrected chi connectivity index (χ0v) is 34.5. The number of hydrogen-bond acceptors (Lipinski definition) is 6. The zero-order valence-electron chi connectivity index (χ0n) is 33.7. The fourth-order valence-corrected chi connectivity index (χ4v) is 8.54. The number of alkyl halides is 2. The van der Waals surface area contributed by atoms with Crippen molar-refractivity contribution in [3.8, 4) is 0 Å². The lowest BCUT2D eigenvalue weighted by Gasteiger charge is -2.43. The van der Waals surface area contributed by atoms with Gasteiger partial charge in [0.25, 0.3) is 0 Å². The first-order valence-electron chi connectivity index (χ1n) is 20.6. The molecular formula is C41H71ClF2N6O4. The Labute approximate surface area is 329 Å². The minimum absolute atomic E-state index is 0.0713. The first-order chi connectivity index (χ1) is 25.8. The van der Waals surface area contributed by atoms with Crippen LogP contribution in [0.4, 0.5) is 18.4 Å². The molecule has 2 aliphatic heterocycles. The molecule has 0 unspecified atom stereocenters. The molecule has 54 heavy (non-hydrogen) atoms. The number of urea groups is 2. The quantitative estimate of drug-likeness (QED) is 0.105. The number of likely N-dealkylation sites (N-methyl/N-ethyl adjacent to an activating group) is 2. The highest BCUT2D eigenvalue weighted by Gasteiger charge is 2.42. The summed E-state index contributed by atoms with van der Waals surface area (Å²) in [5.41, 5.74) is -0.318. The predicted molar refractivity (Wildman–Crippen MR) is 214 cm³/mol.